The van der Waals surface area contributed by atoms with Crippen LogP contribution in [0.4, 0.5) is 0 Å². The lowest BCUT2D eigenvalue weighted by Crippen LogP contribution is -2.21. The van der Waals surface area contributed by atoms with Crippen LogP contribution in [0, 0.1) is 6.92 Å². The maximum Gasteiger partial charge on any atom is 0.146 e. The van der Waals surface area contributed by atoms with Crippen LogP contribution in [0.15, 0.2) is 42.7 Å². The molecule has 1 N–H and O–H groups in total. The summed E-state index contributed by atoms with van der Waals surface area (Å²) in [6.45, 7) is 7.10. The molecule has 19 heavy (non-hydrogen) atoms. The van der Waals surface area contributed by atoms with Crippen LogP contribution in [0.5, 0.6) is 11.5 Å². The maximum absolute atomic E-state index is 5.82. The molecule has 0 aliphatic heterocycles. The van der Waals surface area contributed by atoms with E-state index in [0.29, 0.717) is 6.04 Å². The van der Waals surface area contributed by atoms with E-state index in [-0.39, 0.29) is 0 Å². The van der Waals surface area contributed by atoms with E-state index < -0.39 is 0 Å². The summed E-state index contributed by atoms with van der Waals surface area (Å²) in [4.78, 5) is 4.22. The third-order valence-corrected chi connectivity index (χ3v) is 2.71. The van der Waals surface area contributed by atoms with Gasteiger partial charge in [0.1, 0.15) is 11.5 Å². The minimum absolute atomic E-state index is 0.460. The lowest BCUT2D eigenvalue weighted by Gasteiger charge is -2.10. The predicted molar refractivity (Wildman–Crippen MR) is 77.5 cm³/mol. The Labute approximate surface area is 114 Å². The fourth-order valence-electron chi connectivity index (χ4n) is 1.75. The van der Waals surface area contributed by atoms with Crippen molar-refractivity contribution >= 4 is 0 Å². The van der Waals surface area contributed by atoms with E-state index in [1.54, 1.807) is 6.20 Å². The Bertz CT molecular complexity index is 538. The minimum atomic E-state index is 0.460. The first-order valence-corrected chi connectivity index (χ1v) is 6.55. The van der Waals surface area contributed by atoms with Crippen molar-refractivity contribution in [1.82, 2.24) is 10.3 Å². The van der Waals surface area contributed by atoms with Gasteiger partial charge >= 0.3 is 0 Å². The van der Waals surface area contributed by atoms with Crippen LogP contribution < -0.4 is 10.1 Å². The average molecular weight is 256 g/mol. The molecule has 0 bridgehead atoms. The molecule has 0 spiro atoms. The average Bonchev–Trinajstić information content (AvgIpc) is 2.37. The van der Waals surface area contributed by atoms with Crippen LogP contribution in [-0.4, -0.2) is 11.0 Å². The van der Waals surface area contributed by atoms with Gasteiger partial charge in [0.2, 0.25) is 0 Å². The molecule has 0 fully saturated rings. The number of pyridine rings is 1. The van der Waals surface area contributed by atoms with E-state index in [2.05, 4.69) is 24.1 Å². The fourth-order valence-corrected chi connectivity index (χ4v) is 1.75. The molecule has 0 aliphatic carbocycles. The molecule has 3 nitrogen and oxygen atoms in total. The fraction of sp³-hybridized carbons (Fsp3) is 0.312. The number of benzene rings is 1. The summed E-state index contributed by atoms with van der Waals surface area (Å²) < 4.78 is 5.82. The monoisotopic (exact) mass is 256 g/mol. The molecule has 0 saturated carbocycles. The smallest absolute Gasteiger partial charge is 0.146 e. The molecule has 1 aromatic heterocycles. The van der Waals surface area contributed by atoms with E-state index in [0.717, 1.165) is 23.6 Å². The first kappa shape index (κ1) is 13.6. The standard InChI is InChI=1S/C16H20N2O/c1-12(2)18-10-14-8-16(11-17-9-14)19-15-6-4-5-13(3)7-15/h4-9,11-12,18H,10H2,1-3H3. The van der Waals surface area contributed by atoms with E-state index in [9.17, 15) is 0 Å². The Balaban J connectivity index is 2.06. The van der Waals surface area contributed by atoms with Crippen molar-refractivity contribution in [3.63, 3.8) is 0 Å². The van der Waals surface area contributed by atoms with Crippen LogP contribution in [-0.2, 0) is 6.54 Å². The predicted octanol–water partition coefficient (Wildman–Crippen LogP) is 3.68. The number of rotatable bonds is 5. The quantitative estimate of drug-likeness (QED) is 0.886. The second-order valence-electron chi connectivity index (χ2n) is 4.98. The zero-order valence-electron chi connectivity index (χ0n) is 11.7. The Morgan fingerprint density at radius 1 is 1.16 bits per heavy atom. The normalized spacial score (nSPS) is 10.7. The Kier molecular flexibility index (Phi) is 4.53. The van der Waals surface area contributed by atoms with Crippen molar-refractivity contribution in [3.8, 4) is 11.5 Å². The number of hydrogen-bond donors (Lipinski definition) is 1. The highest BCUT2D eigenvalue weighted by Crippen LogP contribution is 2.22. The van der Waals surface area contributed by atoms with Crippen LogP contribution in [0.1, 0.15) is 25.0 Å². The lowest BCUT2D eigenvalue weighted by atomic mass is 10.2. The van der Waals surface area contributed by atoms with E-state index in [4.69, 9.17) is 4.74 Å². The molecule has 0 amide bonds. The number of nitrogens with one attached hydrogen (secondary N) is 1. The molecular weight excluding hydrogens is 236 g/mol. The van der Waals surface area contributed by atoms with Gasteiger partial charge in [0.05, 0.1) is 6.20 Å². The Morgan fingerprint density at radius 3 is 2.74 bits per heavy atom. The summed E-state index contributed by atoms with van der Waals surface area (Å²) in [5.41, 5.74) is 2.31. The zero-order chi connectivity index (χ0) is 13.7. The number of aryl methyl sites for hydroxylation is 1. The summed E-state index contributed by atoms with van der Waals surface area (Å²) in [5, 5.41) is 3.37. The van der Waals surface area contributed by atoms with Gasteiger partial charge in [0, 0.05) is 18.8 Å². The van der Waals surface area contributed by atoms with Gasteiger partial charge in [-0.05, 0) is 36.2 Å². The van der Waals surface area contributed by atoms with Gasteiger partial charge in [-0.25, -0.2) is 0 Å². The number of aromatic nitrogens is 1. The molecule has 3 heteroatoms. The summed E-state index contributed by atoms with van der Waals surface area (Å²) in [6.07, 6.45) is 3.60. The molecule has 1 aromatic carbocycles. The van der Waals surface area contributed by atoms with Crippen LogP contribution >= 0.6 is 0 Å². The number of hydrogen-bond acceptors (Lipinski definition) is 3. The second-order valence-corrected chi connectivity index (χ2v) is 4.98. The van der Waals surface area contributed by atoms with Gasteiger partial charge < -0.3 is 10.1 Å². The maximum atomic E-state index is 5.82. The van der Waals surface area contributed by atoms with Crippen LogP contribution in [0.25, 0.3) is 0 Å². The molecule has 100 valence electrons. The molecule has 2 rings (SSSR count). The molecule has 2 aromatic rings. The van der Waals surface area contributed by atoms with Gasteiger partial charge in [-0.3, -0.25) is 4.98 Å². The van der Waals surface area contributed by atoms with E-state index >= 15 is 0 Å². The largest absolute Gasteiger partial charge is 0.456 e. The third kappa shape index (κ3) is 4.38. The lowest BCUT2D eigenvalue weighted by molar-refractivity contribution is 0.478. The van der Waals surface area contributed by atoms with Gasteiger partial charge in [-0.2, -0.15) is 0 Å². The van der Waals surface area contributed by atoms with Crippen molar-refractivity contribution in [1.29, 1.82) is 0 Å². The van der Waals surface area contributed by atoms with Crippen LogP contribution in [0.2, 0.25) is 0 Å². The van der Waals surface area contributed by atoms with Crippen molar-refractivity contribution in [2.24, 2.45) is 0 Å². The molecule has 0 atom stereocenters. The van der Waals surface area contributed by atoms with E-state index in [1.165, 1.54) is 5.56 Å². The molecule has 0 saturated heterocycles. The minimum Gasteiger partial charge on any atom is -0.456 e. The second kappa shape index (κ2) is 6.34. The highest BCUT2D eigenvalue weighted by Gasteiger charge is 2.01. The number of nitrogens with zero attached hydrogens (tertiary/aromatic N) is 1. The van der Waals surface area contributed by atoms with Crippen molar-refractivity contribution in [3.05, 3.63) is 53.9 Å². The molecule has 0 radical (unpaired) electrons. The molecule has 0 unspecified atom stereocenters. The molecule has 0 aliphatic rings. The SMILES string of the molecule is Cc1cccc(Oc2cncc(CNC(C)C)c2)c1. The summed E-state index contributed by atoms with van der Waals surface area (Å²) in [7, 11) is 0. The van der Waals surface area contributed by atoms with Crippen molar-refractivity contribution < 1.29 is 4.74 Å². The first-order chi connectivity index (χ1) is 9.13. The first-order valence-electron chi connectivity index (χ1n) is 6.55. The van der Waals surface area contributed by atoms with Crippen molar-refractivity contribution in [2.45, 2.75) is 33.4 Å². The van der Waals surface area contributed by atoms with Gasteiger partial charge in [-0.1, -0.05) is 26.0 Å². The van der Waals surface area contributed by atoms with Crippen molar-refractivity contribution in [2.75, 3.05) is 0 Å². The zero-order valence-corrected chi connectivity index (χ0v) is 11.7. The van der Waals surface area contributed by atoms with Crippen LogP contribution in [0.3, 0.4) is 0 Å². The summed E-state index contributed by atoms with van der Waals surface area (Å²) in [5.74, 6) is 1.62. The highest BCUT2D eigenvalue weighted by atomic mass is 16.5. The summed E-state index contributed by atoms with van der Waals surface area (Å²) >= 11 is 0. The Hall–Kier alpha value is -1.87. The Morgan fingerprint density at radius 2 is 2.00 bits per heavy atom. The number of ether oxygens (including phenoxy) is 1. The van der Waals surface area contributed by atoms with Gasteiger partial charge in [0.25, 0.3) is 0 Å². The van der Waals surface area contributed by atoms with Gasteiger partial charge in [-0.15, -0.1) is 0 Å². The highest BCUT2D eigenvalue weighted by molar-refractivity contribution is 5.33. The van der Waals surface area contributed by atoms with Gasteiger partial charge in [0.15, 0.2) is 0 Å². The third-order valence-electron chi connectivity index (χ3n) is 2.71. The summed E-state index contributed by atoms with van der Waals surface area (Å²) in [6, 6.07) is 10.5. The topological polar surface area (TPSA) is 34.1 Å². The molecule has 1 heterocycles. The molecular formula is C16H20N2O. The van der Waals surface area contributed by atoms with E-state index in [1.807, 2.05) is 43.5 Å².